The number of aryl methyl sites for hydroxylation is 4. The minimum absolute atomic E-state index is 0.0838. The van der Waals surface area contributed by atoms with Gasteiger partial charge in [-0.2, -0.15) is 0 Å². The molecular formula is C23H25NO4S. The molecule has 0 aliphatic heterocycles. The predicted molar refractivity (Wildman–Crippen MR) is 115 cm³/mol. The first-order valence-electron chi connectivity index (χ1n) is 9.27. The largest absolute Gasteiger partial charge is 0.489 e. The Labute approximate surface area is 171 Å². The van der Waals surface area contributed by atoms with E-state index in [2.05, 4.69) is 0 Å². The summed E-state index contributed by atoms with van der Waals surface area (Å²) < 4.78 is 32.0. The molecule has 152 valence electrons. The first-order chi connectivity index (χ1) is 13.6. The van der Waals surface area contributed by atoms with Crippen LogP contribution in [0.25, 0.3) is 11.1 Å². The molecule has 0 aliphatic carbocycles. The molecule has 0 bridgehead atoms. The van der Waals surface area contributed by atoms with Crippen molar-refractivity contribution in [1.29, 1.82) is 0 Å². The van der Waals surface area contributed by atoms with E-state index >= 15 is 0 Å². The van der Waals surface area contributed by atoms with Crippen LogP contribution in [0.5, 0.6) is 5.75 Å². The lowest BCUT2D eigenvalue weighted by atomic mass is 10.0. The van der Waals surface area contributed by atoms with Crippen LogP contribution in [0, 0.1) is 20.8 Å². The molecule has 0 fully saturated rings. The molecule has 0 saturated carbocycles. The summed E-state index contributed by atoms with van der Waals surface area (Å²) in [5.41, 5.74) is 5.27. The average molecular weight is 412 g/mol. The van der Waals surface area contributed by atoms with E-state index in [1.165, 1.54) is 10.8 Å². The second-order valence-corrected chi connectivity index (χ2v) is 9.47. The van der Waals surface area contributed by atoms with Gasteiger partial charge in [-0.05, 0) is 72.9 Å². The summed E-state index contributed by atoms with van der Waals surface area (Å²) in [7, 11) is -1.75. The molecule has 3 rings (SSSR count). The van der Waals surface area contributed by atoms with E-state index in [0.717, 1.165) is 22.3 Å². The van der Waals surface area contributed by atoms with E-state index in [-0.39, 0.29) is 10.5 Å². The van der Waals surface area contributed by atoms with Gasteiger partial charge in [-0.3, -0.25) is 4.79 Å². The Bertz CT molecular complexity index is 1190. The number of benzene rings is 2. The van der Waals surface area contributed by atoms with Gasteiger partial charge in [-0.25, -0.2) is 8.42 Å². The third-order valence-electron chi connectivity index (χ3n) is 5.03. The quantitative estimate of drug-likeness (QED) is 0.637. The van der Waals surface area contributed by atoms with Gasteiger partial charge in [0, 0.05) is 25.1 Å². The van der Waals surface area contributed by atoms with Gasteiger partial charge >= 0.3 is 0 Å². The average Bonchev–Trinajstić information content (AvgIpc) is 2.64. The van der Waals surface area contributed by atoms with Crippen LogP contribution < -0.4 is 10.3 Å². The number of hydrogen-bond donors (Lipinski definition) is 0. The number of rotatable bonds is 5. The van der Waals surface area contributed by atoms with Crippen molar-refractivity contribution in [2.45, 2.75) is 32.3 Å². The van der Waals surface area contributed by atoms with E-state index in [1.807, 2.05) is 38.1 Å². The smallest absolute Gasteiger partial charge is 0.253 e. The fraction of sp³-hybridized carbons (Fsp3) is 0.261. The van der Waals surface area contributed by atoms with Crippen molar-refractivity contribution >= 4 is 9.84 Å². The van der Waals surface area contributed by atoms with Gasteiger partial charge in [-0.1, -0.05) is 18.2 Å². The second kappa shape index (κ2) is 7.87. The highest BCUT2D eigenvalue weighted by Crippen LogP contribution is 2.29. The predicted octanol–water partition coefficient (Wildman–Crippen LogP) is 3.96. The molecule has 0 unspecified atom stereocenters. The van der Waals surface area contributed by atoms with Crippen molar-refractivity contribution in [3.05, 3.63) is 81.3 Å². The summed E-state index contributed by atoms with van der Waals surface area (Å²) in [5.74, 6) is 0.470. The number of pyridine rings is 1. The first-order valence-corrected chi connectivity index (χ1v) is 11.2. The van der Waals surface area contributed by atoms with Crippen molar-refractivity contribution in [3.63, 3.8) is 0 Å². The van der Waals surface area contributed by atoms with Gasteiger partial charge in [0.05, 0.1) is 4.90 Å². The summed E-state index contributed by atoms with van der Waals surface area (Å²) in [6, 6.07) is 12.8. The lowest BCUT2D eigenvalue weighted by Gasteiger charge is -2.14. The van der Waals surface area contributed by atoms with Crippen LogP contribution in [0.3, 0.4) is 0 Å². The van der Waals surface area contributed by atoms with E-state index in [4.69, 9.17) is 4.74 Å². The Kier molecular flexibility index (Phi) is 5.66. The summed E-state index contributed by atoms with van der Waals surface area (Å²) in [5, 5.41) is 0. The van der Waals surface area contributed by atoms with E-state index < -0.39 is 9.84 Å². The van der Waals surface area contributed by atoms with E-state index in [0.29, 0.717) is 23.5 Å². The molecule has 0 aliphatic rings. The molecule has 6 heteroatoms. The fourth-order valence-electron chi connectivity index (χ4n) is 3.30. The molecule has 1 aromatic heterocycles. The highest BCUT2D eigenvalue weighted by Gasteiger charge is 2.14. The molecule has 0 radical (unpaired) electrons. The minimum Gasteiger partial charge on any atom is -0.489 e. The lowest BCUT2D eigenvalue weighted by Crippen LogP contribution is -2.18. The van der Waals surface area contributed by atoms with Gasteiger partial charge in [0.2, 0.25) is 0 Å². The van der Waals surface area contributed by atoms with E-state index in [9.17, 15) is 13.2 Å². The third kappa shape index (κ3) is 4.59. The van der Waals surface area contributed by atoms with Gasteiger partial charge in [0.25, 0.3) is 5.56 Å². The maximum atomic E-state index is 12.2. The molecule has 2 aromatic carbocycles. The zero-order valence-corrected chi connectivity index (χ0v) is 18.1. The van der Waals surface area contributed by atoms with Crippen LogP contribution in [0.15, 0.2) is 58.4 Å². The lowest BCUT2D eigenvalue weighted by molar-refractivity contribution is 0.304. The SMILES string of the molecule is Cc1cccc(C)c1COc1cc(-c2cc(C)c(=O)n(C)c2)cc(S(C)(=O)=O)c1. The molecule has 3 aromatic rings. The van der Waals surface area contributed by atoms with Crippen LogP contribution in [0.2, 0.25) is 0 Å². The van der Waals surface area contributed by atoms with Crippen molar-refractivity contribution in [2.24, 2.45) is 7.05 Å². The number of aromatic nitrogens is 1. The number of nitrogens with zero attached hydrogens (tertiary/aromatic N) is 1. The van der Waals surface area contributed by atoms with Crippen molar-refractivity contribution in [2.75, 3.05) is 6.26 Å². The molecule has 0 spiro atoms. The maximum absolute atomic E-state index is 12.2. The van der Waals surface area contributed by atoms with Gasteiger partial charge in [0.1, 0.15) is 12.4 Å². The summed E-state index contributed by atoms with van der Waals surface area (Å²) in [6.07, 6.45) is 2.87. The Balaban J connectivity index is 2.06. The van der Waals surface area contributed by atoms with Gasteiger partial charge in [0.15, 0.2) is 9.84 Å². The minimum atomic E-state index is -3.43. The third-order valence-corrected chi connectivity index (χ3v) is 6.12. The van der Waals surface area contributed by atoms with Crippen molar-refractivity contribution in [3.8, 4) is 16.9 Å². The Morgan fingerprint density at radius 2 is 1.59 bits per heavy atom. The zero-order chi connectivity index (χ0) is 21.3. The molecule has 0 N–H and O–H groups in total. The van der Waals surface area contributed by atoms with Crippen LogP contribution in [0.1, 0.15) is 22.3 Å². The monoisotopic (exact) mass is 411 g/mol. The van der Waals surface area contributed by atoms with Crippen LogP contribution >= 0.6 is 0 Å². The van der Waals surface area contributed by atoms with E-state index in [1.54, 1.807) is 38.4 Å². The summed E-state index contributed by atoms with van der Waals surface area (Å²) in [6.45, 7) is 6.14. The molecule has 0 saturated heterocycles. The summed E-state index contributed by atoms with van der Waals surface area (Å²) in [4.78, 5) is 12.2. The van der Waals surface area contributed by atoms with Crippen LogP contribution in [-0.2, 0) is 23.5 Å². The van der Waals surface area contributed by atoms with Crippen LogP contribution in [-0.4, -0.2) is 19.2 Å². The Morgan fingerprint density at radius 3 is 2.17 bits per heavy atom. The van der Waals surface area contributed by atoms with Gasteiger partial charge in [-0.15, -0.1) is 0 Å². The highest BCUT2D eigenvalue weighted by molar-refractivity contribution is 7.90. The number of hydrogen-bond acceptors (Lipinski definition) is 4. The summed E-state index contributed by atoms with van der Waals surface area (Å²) >= 11 is 0. The standard InChI is InChI=1S/C23H25NO4S/c1-15-7-6-8-16(2)22(15)14-28-20-10-18(11-21(12-20)29(5,26)27)19-9-17(3)23(25)24(4)13-19/h6-13H,14H2,1-5H3. The normalized spacial score (nSPS) is 11.5. The Morgan fingerprint density at radius 1 is 0.931 bits per heavy atom. The van der Waals surface area contributed by atoms with Gasteiger partial charge < -0.3 is 9.30 Å². The van der Waals surface area contributed by atoms with Crippen molar-refractivity contribution < 1.29 is 13.2 Å². The van der Waals surface area contributed by atoms with Crippen LogP contribution in [0.4, 0.5) is 0 Å². The molecule has 0 amide bonds. The zero-order valence-electron chi connectivity index (χ0n) is 17.3. The Hall–Kier alpha value is -2.86. The molecule has 5 nitrogen and oxygen atoms in total. The fourth-order valence-corrected chi connectivity index (χ4v) is 3.97. The number of ether oxygens (including phenoxy) is 1. The molecule has 29 heavy (non-hydrogen) atoms. The first kappa shape index (κ1) is 20.9. The molecule has 1 heterocycles. The molecule has 0 atom stereocenters. The number of sulfone groups is 1. The molecular weight excluding hydrogens is 386 g/mol. The van der Waals surface area contributed by atoms with Crippen molar-refractivity contribution in [1.82, 2.24) is 4.57 Å². The highest BCUT2D eigenvalue weighted by atomic mass is 32.2. The maximum Gasteiger partial charge on any atom is 0.253 e. The second-order valence-electron chi connectivity index (χ2n) is 7.45. The topological polar surface area (TPSA) is 65.4 Å².